The molecule has 1 aromatic heterocycles. The van der Waals surface area contributed by atoms with Gasteiger partial charge in [-0.25, -0.2) is 4.98 Å². The zero-order valence-corrected chi connectivity index (χ0v) is 9.46. The summed E-state index contributed by atoms with van der Waals surface area (Å²) >= 11 is 0. The summed E-state index contributed by atoms with van der Waals surface area (Å²) in [5.41, 5.74) is 7.11. The molecule has 2 N–H and O–H groups in total. The Labute approximate surface area is 102 Å². The van der Waals surface area contributed by atoms with E-state index in [1.807, 2.05) is 6.07 Å². The molecule has 0 amide bonds. The SMILES string of the molecule is N#Cc1cc2c(nc1N)CCN(CC(F)(F)F)C2. The minimum atomic E-state index is -4.21. The van der Waals surface area contributed by atoms with Crippen LogP contribution in [0.2, 0.25) is 0 Å². The number of anilines is 1. The van der Waals surface area contributed by atoms with Gasteiger partial charge >= 0.3 is 6.18 Å². The van der Waals surface area contributed by atoms with Gasteiger partial charge in [0.25, 0.3) is 0 Å². The van der Waals surface area contributed by atoms with Gasteiger partial charge in [-0.15, -0.1) is 0 Å². The molecule has 1 aliphatic heterocycles. The van der Waals surface area contributed by atoms with Gasteiger partial charge in [-0.3, -0.25) is 4.90 Å². The van der Waals surface area contributed by atoms with E-state index in [2.05, 4.69) is 4.98 Å². The molecule has 0 spiro atoms. The highest BCUT2D eigenvalue weighted by atomic mass is 19.4. The molecule has 18 heavy (non-hydrogen) atoms. The van der Waals surface area contributed by atoms with Crippen LogP contribution in [0.4, 0.5) is 19.0 Å². The Morgan fingerprint density at radius 1 is 1.50 bits per heavy atom. The molecule has 0 fully saturated rings. The highest BCUT2D eigenvalue weighted by Crippen LogP contribution is 2.24. The van der Waals surface area contributed by atoms with E-state index in [1.165, 1.54) is 11.0 Å². The second-order valence-electron chi connectivity index (χ2n) is 4.21. The molecule has 96 valence electrons. The molecule has 2 rings (SSSR count). The smallest absolute Gasteiger partial charge is 0.383 e. The molecule has 2 heterocycles. The van der Waals surface area contributed by atoms with Crippen molar-refractivity contribution in [3.63, 3.8) is 0 Å². The summed E-state index contributed by atoms with van der Waals surface area (Å²) in [6.45, 7) is -0.500. The number of nitrogens with zero attached hydrogens (tertiary/aromatic N) is 3. The molecule has 0 bridgehead atoms. The molecule has 0 atom stereocenters. The monoisotopic (exact) mass is 256 g/mol. The van der Waals surface area contributed by atoms with Crippen molar-refractivity contribution in [2.45, 2.75) is 19.1 Å². The van der Waals surface area contributed by atoms with E-state index in [1.54, 1.807) is 0 Å². The Kier molecular flexibility index (Phi) is 3.13. The number of rotatable bonds is 1. The number of pyridine rings is 1. The molecule has 0 saturated heterocycles. The first-order valence-corrected chi connectivity index (χ1v) is 5.36. The largest absolute Gasteiger partial charge is 0.401 e. The average molecular weight is 256 g/mol. The third kappa shape index (κ3) is 2.71. The number of hydrogen-bond acceptors (Lipinski definition) is 4. The lowest BCUT2D eigenvalue weighted by Gasteiger charge is -2.28. The van der Waals surface area contributed by atoms with Gasteiger partial charge in [-0.1, -0.05) is 0 Å². The first-order chi connectivity index (χ1) is 8.39. The zero-order chi connectivity index (χ0) is 13.3. The van der Waals surface area contributed by atoms with Crippen molar-refractivity contribution in [2.75, 3.05) is 18.8 Å². The van der Waals surface area contributed by atoms with Crippen molar-refractivity contribution in [3.05, 3.63) is 22.9 Å². The third-order valence-electron chi connectivity index (χ3n) is 2.80. The molecule has 0 aliphatic carbocycles. The van der Waals surface area contributed by atoms with Gasteiger partial charge in [0.1, 0.15) is 11.9 Å². The first kappa shape index (κ1) is 12.6. The fourth-order valence-electron chi connectivity index (χ4n) is 2.02. The molecule has 1 aromatic rings. The predicted molar refractivity (Wildman–Crippen MR) is 58.4 cm³/mol. The standard InChI is InChI=1S/C11H11F3N4/c12-11(13,14)6-18-2-1-9-8(5-18)3-7(4-15)10(16)17-9/h3H,1-2,5-6H2,(H2,16,17). The normalized spacial score (nSPS) is 16.1. The summed E-state index contributed by atoms with van der Waals surface area (Å²) in [7, 11) is 0. The highest BCUT2D eigenvalue weighted by molar-refractivity contribution is 5.51. The van der Waals surface area contributed by atoms with Gasteiger partial charge in [0, 0.05) is 25.2 Å². The first-order valence-electron chi connectivity index (χ1n) is 5.36. The summed E-state index contributed by atoms with van der Waals surface area (Å²) in [4.78, 5) is 5.36. The van der Waals surface area contributed by atoms with Gasteiger partial charge in [-0.05, 0) is 11.6 Å². The van der Waals surface area contributed by atoms with Crippen LogP contribution in [-0.4, -0.2) is 29.1 Å². The van der Waals surface area contributed by atoms with Crippen LogP contribution in [0.15, 0.2) is 6.07 Å². The summed E-state index contributed by atoms with van der Waals surface area (Å²) in [6.07, 6.45) is -3.79. The maximum Gasteiger partial charge on any atom is 0.401 e. The van der Waals surface area contributed by atoms with E-state index in [9.17, 15) is 13.2 Å². The number of nitrogens with two attached hydrogens (primary N) is 1. The Morgan fingerprint density at radius 3 is 2.83 bits per heavy atom. The number of nitriles is 1. The second-order valence-corrected chi connectivity index (χ2v) is 4.21. The number of aromatic nitrogens is 1. The average Bonchev–Trinajstić information content (AvgIpc) is 2.26. The van der Waals surface area contributed by atoms with Crippen LogP contribution in [0.3, 0.4) is 0 Å². The number of nitrogen functional groups attached to an aromatic ring is 1. The van der Waals surface area contributed by atoms with Crippen LogP contribution in [0, 0.1) is 11.3 Å². The van der Waals surface area contributed by atoms with Crippen LogP contribution in [0.5, 0.6) is 0 Å². The van der Waals surface area contributed by atoms with Crippen molar-refractivity contribution < 1.29 is 13.2 Å². The lowest BCUT2D eigenvalue weighted by molar-refractivity contribution is -0.147. The van der Waals surface area contributed by atoms with Crippen LogP contribution in [0.1, 0.15) is 16.8 Å². The number of fused-ring (bicyclic) bond motifs is 1. The quantitative estimate of drug-likeness (QED) is 0.826. The maximum atomic E-state index is 12.3. The summed E-state index contributed by atoms with van der Waals surface area (Å²) in [5.74, 6) is 0.139. The lowest BCUT2D eigenvalue weighted by atomic mass is 10.0. The van der Waals surface area contributed by atoms with Crippen molar-refractivity contribution in [1.82, 2.24) is 9.88 Å². The number of alkyl halides is 3. The predicted octanol–water partition coefficient (Wildman–Crippen LogP) is 1.46. The molecule has 7 heteroatoms. The minimum Gasteiger partial charge on any atom is -0.383 e. The number of hydrogen-bond donors (Lipinski definition) is 1. The Balaban J connectivity index is 2.21. The zero-order valence-electron chi connectivity index (χ0n) is 9.46. The van der Waals surface area contributed by atoms with Crippen molar-refractivity contribution in [3.8, 4) is 6.07 Å². The van der Waals surface area contributed by atoms with Crippen LogP contribution in [0.25, 0.3) is 0 Å². The van der Waals surface area contributed by atoms with E-state index >= 15 is 0 Å². The fourth-order valence-corrected chi connectivity index (χ4v) is 2.02. The van der Waals surface area contributed by atoms with E-state index in [0.717, 1.165) is 0 Å². The van der Waals surface area contributed by atoms with Crippen molar-refractivity contribution in [1.29, 1.82) is 5.26 Å². The van der Waals surface area contributed by atoms with E-state index in [4.69, 9.17) is 11.0 Å². The Morgan fingerprint density at radius 2 is 2.22 bits per heavy atom. The molecule has 0 saturated carbocycles. The summed E-state index contributed by atoms with van der Waals surface area (Å²) in [6, 6.07) is 3.41. The van der Waals surface area contributed by atoms with Crippen LogP contribution < -0.4 is 5.73 Å². The molecule has 1 aliphatic rings. The van der Waals surface area contributed by atoms with Crippen molar-refractivity contribution >= 4 is 5.82 Å². The maximum absolute atomic E-state index is 12.3. The fraction of sp³-hybridized carbons (Fsp3) is 0.455. The topological polar surface area (TPSA) is 65.9 Å². The van der Waals surface area contributed by atoms with E-state index in [0.29, 0.717) is 24.2 Å². The Bertz CT molecular complexity index is 504. The third-order valence-corrected chi connectivity index (χ3v) is 2.80. The molecule has 0 aromatic carbocycles. The van der Waals surface area contributed by atoms with E-state index < -0.39 is 12.7 Å². The van der Waals surface area contributed by atoms with Crippen molar-refractivity contribution in [2.24, 2.45) is 0 Å². The highest BCUT2D eigenvalue weighted by Gasteiger charge is 2.32. The van der Waals surface area contributed by atoms with Gasteiger partial charge in [-0.2, -0.15) is 18.4 Å². The van der Waals surface area contributed by atoms with Crippen LogP contribution in [-0.2, 0) is 13.0 Å². The molecular formula is C11H11F3N4. The minimum absolute atomic E-state index is 0.139. The number of halogens is 3. The summed E-state index contributed by atoms with van der Waals surface area (Å²) < 4.78 is 36.9. The van der Waals surface area contributed by atoms with Crippen LogP contribution >= 0.6 is 0 Å². The second kappa shape index (κ2) is 4.46. The molecule has 0 unspecified atom stereocenters. The molecule has 0 radical (unpaired) electrons. The lowest BCUT2D eigenvalue weighted by Crippen LogP contribution is -2.38. The van der Waals surface area contributed by atoms with Gasteiger partial charge < -0.3 is 5.73 Å². The summed E-state index contributed by atoms with van der Waals surface area (Å²) in [5, 5.41) is 8.81. The molecule has 4 nitrogen and oxygen atoms in total. The molecular weight excluding hydrogens is 245 g/mol. The van der Waals surface area contributed by atoms with Gasteiger partial charge in [0.15, 0.2) is 0 Å². The van der Waals surface area contributed by atoms with Gasteiger partial charge in [0.05, 0.1) is 12.1 Å². The Hall–Kier alpha value is -1.81. The van der Waals surface area contributed by atoms with Gasteiger partial charge in [0.2, 0.25) is 0 Å². The van der Waals surface area contributed by atoms with E-state index in [-0.39, 0.29) is 17.9 Å².